The molecule has 72 valence electrons. The molecule has 0 unspecified atom stereocenters. The average Bonchev–Trinajstić information content (AvgIpc) is 2.17. The smallest absolute Gasteiger partial charge is 0.298 e. The zero-order valence-electron chi connectivity index (χ0n) is 8.42. The molecule has 0 spiro atoms. The van der Waals surface area contributed by atoms with Crippen molar-refractivity contribution >= 4 is 5.91 Å². The van der Waals surface area contributed by atoms with Crippen LogP contribution in [0.2, 0.25) is 0 Å². The van der Waals surface area contributed by atoms with Crippen molar-refractivity contribution in [2.75, 3.05) is 7.05 Å². The van der Waals surface area contributed by atoms with Gasteiger partial charge < -0.3 is 4.90 Å². The molecular formula is C11H17NO. The van der Waals surface area contributed by atoms with Gasteiger partial charge in [0.1, 0.15) is 0 Å². The SMILES string of the molecule is C#CC(=O)N(C)C1CCC(C)CC1. The minimum Gasteiger partial charge on any atom is -0.332 e. The number of hydrogen-bond acceptors (Lipinski definition) is 1. The highest BCUT2D eigenvalue weighted by Crippen LogP contribution is 2.26. The van der Waals surface area contributed by atoms with Crippen molar-refractivity contribution in [1.29, 1.82) is 0 Å². The van der Waals surface area contributed by atoms with Gasteiger partial charge in [-0.2, -0.15) is 0 Å². The highest BCUT2D eigenvalue weighted by atomic mass is 16.2. The summed E-state index contributed by atoms with van der Waals surface area (Å²) >= 11 is 0. The fraction of sp³-hybridized carbons (Fsp3) is 0.727. The highest BCUT2D eigenvalue weighted by molar-refractivity contribution is 5.92. The number of nitrogens with zero attached hydrogens (tertiary/aromatic N) is 1. The Morgan fingerprint density at radius 1 is 1.38 bits per heavy atom. The molecular weight excluding hydrogens is 162 g/mol. The maximum atomic E-state index is 11.2. The second-order valence-corrected chi connectivity index (χ2v) is 3.97. The van der Waals surface area contributed by atoms with Gasteiger partial charge in [-0.1, -0.05) is 6.92 Å². The summed E-state index contributed by atoms with van der Waals surface area (Å²) in [5.74, 6) is 2.79. The van der Waals surface area contributed by atoms with Crippen molar-refractivity contribution in [2.45, 2.75) is 38.6 Å². The fourth-order valence-electron chi connectivity index (χ4n) is 1.90. The lowest BCUT2D eigenvalue weighted by atomic mass is 9.87. The van der Waals surface area contributed by atoms with Crippen LogP contribution in [0.15, 0.2) is 0 Å². The van der Waals surface area contributed by atoms with Gasteiger partial charge in [0.05, 0.1) is 0 Å². The van der Waals surface area contributed by atoms with Gasteiger partial charge in [0.2, 0.25) is 0 Å². The van der Waals surface area contributed by atoms with Crippen molar-refractivity contribution in [3.63, 3.8) is 0 Å². The van der Waals surface area contributed by atoms with Gasteiger partial charge in [0, 0.05) is 13.1 Å². The van der Waals surface area contributed by atoms with E-state index >= 15 is 0 Å². The zero-order valence-corrected chi connectivity index (χ0v) is 8.42. The molecule has 0 aromatic rings. The molecule has 0 aromatic heterocycles. The van der Waals surface area contributed by atoms with E-state index in [4.69, 9.17) is 6.42 Å². The highest BCUT2D eigenvalue weighted by Gasteiger charge is 2.23. The minimum atomic E-state index is -0.181. The van der Waals surface area contributed by atoms with Crippen LogP contribution in [0.5, 0.6) is 0 Å². The van der Waals surface area contributed by atoms with Crippen LogP contribution in [0, 0.1) is 18.3 Å². The summed E-state index contributed by atoms with van der Waals surface area (Å²) in [6.07, 6.45) is 9.70. The monoisotopic (exact) mass is 179 g/mol. The van der Waals surface area contributed by atoms with Crippen molar-refractivity contribution in [2.24, 2.45) is 5.92 Å². The van der Waals surface area contributed by atoms with Gasteiger partial charge in [-0.25, -0.2) is 0 Å². The molecule has 1 aliphatic rings. The molecule has 0 radical (unpaired) electrons. The molecule has 1 fully saturated rings. The minimum absolute atomic E-state index is 0.181. The van der Waals surface area contributed by atoms with Crippen LogP contribution in [0.3, 0.4) is 0 Å². The van der Waals surface area contributed by atoms with Gasteiger partial charge in [0.15, 0.2) is 0 Å². The number of carbonyl (C=O) groups excluding carboxylic acids is 1. The quantitative estimate of drug-likeness (QED) is 0.560. The van der Waals surface area contributed by atoms with Crippen LogP contribution in [0.4, 0.5) is 0 Å². The van der Waals surface area contributed by atoms with Crippen molar-refractivity contribution in [3.05, 3.63) is 0 Å². The van der Waals surface area contributed by atoms with Gasteiger partial charge in [0.25, 0.3) is 5.91 Å². The van der Waals surface area contributed by atoms with E-state index in [0.29, 0.717) is 6.04 Å². The summed E-state index contributed by atoms with van der Waals surface area (Å²) in [7, 11) is 1.81. The van der Waals surface area contributed by atoms with Crippen LogP contribution in [-0.4, -0.2) is 23.9 Å². The number of amides is 1. The molecule has 0 bridgehead atoms. The number of carbonyl (C=O) groups is 1. The van der Waals surface area contributed by atoms with Crippen molar-refractivity contribution < 1.29 is 4.79 Å². The predicted molar refractivity (Wildman–Crippen MR) is 53.0 cm³/mol. The summed E-state index contributed by atoms with van der Waals surface area (Å²) in [5.41, 5.74) is 0. The van der Waals surface area contributed by atoms with Crippen LogP contribution in [-0.2, 0) is 4.79 Å². The summed E-state index contributed by atoms with van der Waals surface area (Å²) in [4.78, 5) is 12.9. The summed E-state index contributed by atoms with van der Waals surface area (Å²) in [5, 5.41) is 0. The first kappa shape index (κ1) is 10.1. The molecule has 2 nitrogen and oxygen atoms in total. The van der Waals surface area contributed by atoms with E-state index in [2.05, 4.69) is 12.8 Å². The van der Waals surface area contributed by atoms with Crippen LogP contribution in [0.1, 0.15) is 32.6 Å². The third-order valence-corrected chi connectivity index (χ3v) is 2.98. The standard InChI is InChI=1S/C11H17NO/c1-4-11(13)12(3)10-7-5-9(2)6-8-10/h1,9-10H,5-8H2,2-3H3. The molecule has 13 heavy (non-hydrogen) atoms. The Morgan fingerprint density at radius 3 is 2.38 bits per heavy atom. The van der Waals surface area contributed by atoms with Crippen molar-refractivity contribution in [3.8, 4) is 12.3 Å². The molecule has 1 saturated carbocycles. The van der Waals surface area contributed by atoms with E-state index in [1.54, 1.807) is 4.90 Å². The summed E-state index contributed by atoms with van der Waals surface area (Å²) < 4.78 is 0. The second kappa shape index (κ2) is 4.32. The van der Waals surface area contributed by atoms with Crippen LogP contribution < -0.4 is 0 Å². The lowest BCUT2D eigenvalue weighted by Gasteiger charge is -2.32. The number of hydrogen-bond donors (Lipinski definition) is 0. The van der Waals surface area contributed by atoms with Gasteiger partial charge in [-0.15, -0.1) is 6.42 Å². The summed E-state index contributed by atoms with van der Waals surface area (Å²) in [6, 6.07) is 0.375. The largest absolute Gasteiger partial charge is 0.332 e. The van der Waals surface area contributed by atoms with E-state index in [1.165, 1.54) is 12.8 Å². The van der Waals surface area contributed by atoms with Gasteiger partial charge in [-0.3, -0.25) is 4.79 Å². The van der Waals surface area contributed by atoms with E-state index in [0.717, 1.165) is 18.8 Å². The normalized spacial score (nSPS) is 27.8. The Hall–Kier alpha value is -0.970. The first-order valence-corrected chi connectivity index (χ1v) is 4.88. The summed E-state index contributed by atoms with van der Waals surface area (Å²) in [6.45, 7) is 2.26. The fourth-order valence-corrected chi connectivity index (χ4v) is 1.90. The van der Waals surface area contributed by atoms with Gasteiger partial charge in [-0.05, 0) is 37.5 Å². The maximum Gasteiger partial charge on any atom is 0.298 e. The van der Waals surface area contributed by atoms with Crippen LogP contribution in [0.25, 0.3) is 0 Å². The van der Waals surface area contributed by atoms with E-state index in [1.807, 2.05) is 7.05 Å². The Bertz CT molecular complexity index is 221. The Balaban J connectivity index is 2.45. The lowest BCUT2D eigenvalue weighted by Crippen LogP contribution is -2.38. The average molecular weight is 179 g/mol. The molecule has 0 saturated heterocycles. The van der Waals surface area contributed by atoms with Crippen molar-refractivity contribution in [1.82, 2.24) is 4.90 Å². The topological polar surface area (TPSA) is 20.3 Å². The third kappa shape index (κ3) is 2.48. The molecule has 0 N–H and O–H groups in total. The predicted octanol–water partition coefficient (Wildman–Crippen LogP) is 1.66. The Labute approximate surface area is 80.3 Å². The van der Waals surface area contributed by atoms with Gasteiger partial charge >= 0.3 is 0 Å². The Morgan fingerprint density at radius 2 is 1.92 bits per heavy atom. The van der Waals surface area contributed by atoms with E-state index in [-0.39, 0.29) is 5.91 Å². The molecule has 1 amide bonds. The first-order valence-electron chi connectivity index (χ1n) is 4.88. The Kier molecular flexibility index (Phi) is 3.36. The second-order valence-electron chi connectivity index (χ2n) is 3.97. The van der Waals surface area contributed by atoms with Crippen LogP contribution >= 0.6 is 0 Å². The molecule has 0 heterocycles. The molecule has 0 aromatic carbocycles. The van der Waals surface area contributed by atoms with E-state index in [9.17, 15) is 4.79 Å². The number of terminal acetylenes is 1. The third-order valence-electron chi connectivity index (χ3n) is 2.98. The van der Waals surface area contributed by atoms with E-state index < -0.39 is 0 Å². The molecule has 1 aliphatic carbocycles. The molecule has 2 heteroatoms. The number of rotatable bonds is 1. The first-order chi connectivity index (χ1) is 6.15. The lowest BCUT2D eigenvalue weighted by molar-refractivity contribution is -0.126. The molecule has 0 atom stereocenters. The maximum absolute atomic E-state index is 11.2. The zero-order chi connectivity index (χ0) is 9.84. The molecule has 0 aliphatic heterocycles. The molecule has 1 rings (SSSR count).